The topological polar surface area (TPSA) is 39.6 Å². The van der Waals surface area contributed by atoms with E-state index in [2.05, 4.69) is 41.6 Å². The Balaban J connectivity index is 2.01. The molecule has 1 saturated heterocycles. The van der Waals surface area contributed by atoms with Gasteiger partial charge in [0.25, 0.3) is 0 Å². The molecule has 0 aliphatic carbocycles. The normalized spacial score (nSPS) is 16.8. The molecule has 1 aliphatic heterocycles. The van der Waals surface area contributed by atoms with Crippen molar-refractivity contribution in [1.82, 2.24) is 9.55 Å². The van der Waals surface area contributed by atoms with Crippen LogP contribution < -0.4 is 4.74 Å². The van der Waals surface area contributed by atoms with Gasteiger partial charge in [-0.3, -0.25) is 4.98 Å². The van der Waals surface area contributed by atoms with Gasteiger partial charge >= 0.3 is 0 Å². The Morgan fingerprint density at radius 2 is 2.00 bits per heavy atom. The Morgan fingerprint density at radius 1 is 1.16 bits per heavy atom. The third-order valence-electron chi connectivity index (χ3n) is 5.42. The molecule has 4 nitrogen and oxygen atoms in total. The molecule has 2 aromatic carbocycles. The van der Waals surface area contributed by atoms with E-state index in [-0.39, 0.29) is 0 Å². The molecule has 126 valence electrons. The lowest BCUT2D eigenvalue weighted by molar-refractivity contribution is 0.387. The summed E-state index contributed by atoms with van der Waals surface area (Å²) < 4.78 is 13.4. The maximum atomic E-state index is 5.53. The highest BCUT2D eigenvalue weighted by Gasteiger charge is 2.26. The molecular weight excluding hydrogens is 312 g/mol. The first-order chi connectivity index (χ1) is 12.2. The Bertz CT molecular complexity index is 1140. The van der Waals surface area contributed by atoms with Crippen LogP contribution in [0.1, 0.15) is 11.1 Å². The molecule has 0 radical (unpaired) electrons. The van der Waals surface area contributed by atoms with Gasteiger partial charge in [0.05, 0.1) is 31.9 Å². The summed E-state index contributed by atoms with van der Waals surface area (Å²) in [7, 11) is 1.72. The predicted molar refractivity (Wildman–Crippen MR) is 101 cm³/mol. The average molecular weight is 332 g/mol. The van der Waals surface area contributed by atoms with E-state index in [0.29, 0.717) is 6.10 Å². The van der Waals surface area contributed by atoms with Gasteiger partial charge in [-0.1, -0.05) is 0 Å². The van der Waals surface area contributed by atoms with Crippen molar-refractivity contribution in [2.24, 2.45) is 0 Å². The van der Waals surface area contributed by atoms with Crippen LogP contribution in [0.15, 0.2) is 36.7 Å². The Morgan fingerprint density at radius 3 is 2.76 bits per heavy atom. The monoisotopic (exact) mass is 332 g/mol. The van der Waals surface area contributed by atoms with E-state index in [1.807, 2.05) is 18.5 Å². The van der Waals surface area contributed by atoms with Crippen molar-refractivity contribution in [3.05, 3.63) is 47.8 Å². The third kappa shape index (κ3) is 2.07. The van der Waals surface area contributed by atoms with Crippen molar-refractivity contribution in [2.45, 2.75) is 26.5 Å². The van der Waals surface area contributed by atoms with Crippen LogP contribution in [0.2, 0.25) is 0 Å². The maximum absolute atomic E-state index is 5.53. The molecular formula is C21H20N2O2. The molecule has 1 fully saturated rings. The lowest BCUT2D eigenvalue weighted by Gasteiger charge is -2.12. The second kappa shape index (κ2) is 5.20. The number of ether oxygens (including phenoxy) is 2. The van der Waals surface area contributed by atoms with Crippen LogP contribution in [0, 0.1) is 13.8 Å². The number of pyridine rings is 1. The SMILES string of the molecule is COc1ccc2c(c1)c1c(C)c3cnccc3c(C)c1n2CC1CO1. The molecule has 5 rings (SSSR count). The van der Waals surface area contributed by atoms with Crippen molar-refractivity contribution < 1.29 is 9.47 Å². The Labute approximate surface area is 146 Å². The first kappa shape index (κ1) is 14.7. The first-order valence-electron chi connectivity index (χ1n) is 8.63. The summed E-state index contributed by atoms with van der Waals surface area (Å²) in [5.74, 6) is 0.887. The minimum atomic E-state index is 0.328. The van der Waals surface area contributed by atoms with Crippen LogP contribution >= 0.6 is 0 Å². The standard InChI is InChI=1S/C21H20N2O2/c1-12-18-9-22-7-6-16(18)13(2)21-20(12)17-8-14(24-3)4-5-19(17)23(21)10-15-11-25-15/h4-9,15H,10-11H2,1-3H3. The van der Waals surface area contributed by atoms with Crippen molar-refractivity contribution in [2.75, 3.05) is 13.7 Å². The van der Waals surface area contributed by atoms with Crippen molar-refractivity contribution in [3.63, 3.8) is 0 Å². The van der Waals surface area contributed by atoms with Gasteiger partial charge < -0.3 is 14.0 Å². The Kier molecular flexibility index (Phi) is 3.06. The zero-order chi connectivity index (χ0) is 17.1. The second-order valence-corrected chi connectivity index (χ2v) is 6.84. The van der Waals surface area contributed by atoms with Gasteiger partial charge in [-0.25, -0.2) is 0 Å². The van der Waals surface area contributed by atoms with E-state index in [9.17, 15) is 0 Å². The fraction of sp³-hybridized carbons (Fsp3) is 0.286. The number of rotatable bonds is 3. The van der Waals surface area contributed by atoms with E-state index in [1.54, 1.807) is 7.11 Å². The summed E-state index contributed by atoms with van der Waals surface area (Å²) in [6.45, 7) is 6.16. The molecule has 25 heavy (non-hydrogen) atoms. The highest BCUT2D eigenvalue weighted by atomic mass is 16.6. The first-order valence-corrected chi connectivity index (χ1v) is 8.63. The number of fused-ring (bicyclic) bond motifs is 4. The molecule has 4 heteroatoms. The number of methoxy groups -OCH3 is 1. The minimum Gasteiger partial charge on any atom is -0.497 e. The quantitative estimate of drug-likeness (QED) is 0.523. The molecule has 0 bridgehead atoms. The molecule has 1 atom stereocenters. The summed E-state index contributed by atoms with van der Waals surface area (Å²) in [6.07, 6.45) is 4.18. The average Bonchev–Trinajstić information content (AvgIpc) is 3.41. The smallest absolute Gasteiger partial charge is 0.119 e. The summed E-state index contributed by atoms with van der Waals surface area (Å²) in [5.41, 5.74) is 5.11. The Hall–Kier alpha value is -2.59. The highest BCUT2D eigenvalue weighted by molar-refractivity contribution is 6.17. The number of hydrogen-bond acceptors (Lipinski definition) is 3. The number of aryl methyl sites for hydroxylation is 2. The van der Waals surface area contributed by atoms with Gasteiger partial charge in [0, 0.05) is 34.1 Å². The van der Waals surface area contributed by atoms with E-state index in [0.717, 1.165) is 18.9 Å². The predicted octanol–water partition coefficient (Wildman–Crippen LogP) is 4.37. The zero-order valence-electron chi connectivity index (χ0n) is 14.7. The van der Waals surface area contributed by atoms with Crippen LogP contribution in [0.3, 0.4) is 0 Å². The third-order valence-corrected chi connectivity index (χ3v) is 5.42. The molecule has 0 spiro atoms. The fourth-order valence-corrected chi connectivity index (χ4v) is 4.08. The van der Waals surface area contributed by atoms with Crippen LogP contribution in [0.25, 0.3) is 32.6 Å². The van der Waals surface area contributed by atoms with E-state index in [4.69, 9.17) is 9.47 Å². The van der Waals surface area contributed by atoms with Crippen LogP contribution in [0.4, 0.5) is 0 Å². The van der Waals surface area contributed by atoms with Crippen molar-refractivity contribution in [3.8, 4) is 5.75 Å². The molecule has 3 heterocycles. The van der Waals surface area contributed by atoms with E-state index in [1.165, 1.54) is 43.7 Å². The van der Waals surface area contributed by atoms with Crippen LogP contribution in [-0.4, -0.2) is 29.4 Å². The molecule has 0 N–H and O–H groups in total. The number of aromatic nitrogens is 2. The zero-order valence-corrected chi connectivity index (χ0v) is 14.7. The van der Waals surface area contributed by atoms with Crippen molar-refractivity contribution >= 4 is 32.6 Å². The van der Waals surface area contributed by atoms with E-state index >= 15 is 0 Å². The molecule has 0 saturated carbocycles. The molecule has 2 aromatic heterocycles. The summed E-state index contributed by atoms with van der Waals surface area (Å²) in [4.78, 5) is 4.35. The van der Waals surface area contributed by atoms with Crippen LogP contribution in [-0.2, 0) is 11.3 Å². The van der Waals surface area contributed by atoms with Gasteiger partial charge in [0.1, 0.15) is 5.75 Å². The van der Waals surface area contributed by atoms with E-state index < -0.39 is 0 Å². The number of benzene rings is 2. The second-order valence-electron chi connectivity index (χ2n) is 6.84. The largest absolute Gasteiger partial charge is 0.497 e. The lowest BCUT2D eigenvalue weighted by Crippen LogP contribution is -2.04. The van der Waals surface area contributed by atoms with Gasteiger partial charge in [-0.15, -0.1) is 0 Å². The molecule has 4 aromatic rings. The number of hydrogen-bond donors (Lipinski definition) is 0. The van der Waals surface area contributed by atoms with Gasteiger partial charge in [0.15, 0.2) is 0 Å². The summed E-state index contributed by atoms with van der Waals surface area (Å²) in [6, 6.07) is 8.47. The molecule has 0 amide bonds. The lowest BCUT2D eigenvalue weighted by atomic mass is 9.97. The summed E-state index contributed by atoms with van der Waals surface area (Å²) >= 11 is 0. The highest BCUT2D eigenvalue weighted by Crippen LogP contribution is 2.40. The van der Waals surface area contributed by atoms with Gasteiger partial charge in [-0.05, 0) is 54.6 Å². The van der Waals surface area contributed by atoms with Crippen molar-refractivity contribution in [1.29, 1.82) is 0 Å². The number of epoxide rings is 1. The van der Waals surface area contributed by atoms with Gasteiger partial charge in [0.2, 0.25) is 0 Å². The fourth-order valence-electron chi connectivity index (χ4n) is 4.08. The molecule has 1 aliphatic rings. The molecule has 1 unspecified atom stereocenters. The maximum Gasteiger partial charge on any atom is 0.119 e. The minimum absolute atomic E-state index is 0.328. The summed E-state index contributed by atoms with van der Waals surface area (Å²) in [5, 5.41) is 5.03. The number of nitrogens with zero attached hydrogens (tertiary/aromatic N) is 2. The van der Waals surface area contributed by atoms with Crippen LogP contribution in [0.5, 0.6) is 5.75 Å². The van der Waals surface area contributed by atoms with Gasteiger partial charge in [-0.2, -0.15) is 0 Å².